The van der Waals surface area contributed by atoms with Crippen molar-refractivity contribution in [2.24, 2.45) is 23.1 Å². The Morgan fingerprint density at radius 1 is 0.919 bits per heavy atom. The average molecular weight is 521 g/mol. The molecular formula is C25H40N6O6. The van der Waals surface area contributed by atoms with Crippen LogP contribution < -0.4 is 33.2 Å². The summed E-state index contributed by atoms with van der Waals surface area (Å²) in [5.74, 6) is -4.61. The second-order valence-electron chi connectivity index (χ2n) is 9.08. The molecule has 0 aliphatic carbocycles. The number of hydrogen-bond acceptors (Lipinski definition) is 7. The van der Waals surface area contributed by atoms with E-state index in [1.807, 2.05) is 6.92 Å². The molecule has 10 N–H and O–H groups in total. The maximum Gasteiger partial charge on any atom is 0.326 e. The number of rotatable bonds is 17. The van der Waals surface area contributed by atoms with E-state index in [-0.39, 0.29) is 12.3 Å². The lowest BCUT2D eigenvalue weighted by atomic mass is 9.96. The van der Waals surface area contributed by atoms with Gasteiger partial charge in [0.1, 0.15) is 18.1 Å². The Morgan fingerprint density at radius 3 is 2.08 bits per heavy atom. The van der Waals surface area contributed by atoms with Crippen molar-refractivity contribution in [2.45, 2.75) is 76.5 Å². The number of carboxylic acid groups (broad SMARTS) is 1. The van der Waals surface area contributed by atoms with Gasteiger partial charge in [-0.15, -0.1) is 0 Å². The van der Waals surface area contributed by atoms with Crippen LogP contribution in [0.3, 0.4) is 0 Å². The van der Waals surface area contributed by atoms with Crippen LogP contribution in [-0.2, 0) is 30.4 Å². The van der Waals surface area contributed by atoms with Gasteiger partial charge in [0.05, 0.1) is 12.5 Å². The number of aliphatic carboxylic acids is 1. The molecule has 0 fully saturated rings. The maximum atomic E-state index is 13.1. The summed E-state index contributed by atoms with van der Waals surface area (Å²) in [6.07, 6.45) is 1.71. The van der Waals surface area contributed by atoms with Crippen LogP contribution >= 0.6 is 0 Å². The summed E-state index contributed by atoms with van der Waals surface area (Å²) in [7, 11) is 0. The number of amides is 4. The van der Waals surface area contributed by atoms with Gasteiger partial charge in [0.2, 0.25) is 23.6 Å². The lowest BCUT2D eigenvalue weighted by Gasteiger charge is -2.27. The van der Waals surface area contributed by atoms with E-state index >= 15 is 0 Å². The lowest BCUT2D eigenvalue weighted by Crippen LogP contribution is -2.59. The summed E-state index contributed by atoms with van der Waals surface area (Å²) in [6.45, 7) is 4.05. The summed E-state index contributed by atoms with van der Waals surface area (Å²) < 4.78 is 0. The second-order valence-corrected chi connectivity index (χ2v) is 9.08. The molecule has 206 valence electrons. The van der Waals surface area contributed by atoms with Gasteiger partial charge in [0.15, 0.2) is 0 Å². The zero-order chi connectivity index (χ0) is 28.0. The number of carbonyl (C=O) groups excluding carboxylic acids is 4. The monoisotopic (exact) mass is 520 g/mol. The first-order valence-electron chi connectivity index (χ1n) is 12.4. The van der Waals surface area contributed by atoms with Crippen LogP contribution in [0.2, 0.25) is 0 Å². The van der Waals surface area contributed by atoms with Crippen LogP contribution in [0.15, 0.2) is 30.3 Å². The molecule has 37 heavy (non-hydrogen) atoms. The average Bonchev–Trinajstić information content (AvgIpc) is 2.85. The minimum absolute atomic E-state index is 0.00720. The molecule has 0 aliphatic rings. The van der Waals surface area contributed by atoms with Crippen molar-refractivity contribution < 1.29 is 29.1 Å². The van der Waals surface area contributed by atoms with Crippen molar-refractivity contribution in [2.75, 3.05) is 6.54 Å². The number of benzene rings is 1. The van der Waals surface area contributed by atoms with Crippen molar-refractivity contribution in [3.63, 3.8) is 0 Å². The van der Waals surface area contributed by atoms with Gasteiger partial charge in [0, 0.05) is 6.42 Å². The van der Waals surface area contributed by atoms with Crippen LogP contribution in [0.1, 0.15) is 51.5 Å². The highest BCUT2D eigenvalue weighted by molar-refractivity contribution is 5.96. The number of primary amides is 1. The van der Waals surface area contributed by atoms with E-state index in [1.54, 1.807) is 37.3 Å². The Morgan fingerprint density at radius 2 is 1.54 bits per heavy atom. The van der Waals surface area contributed by atoms with Gasteiger partial charge >= 0.3 is 5.97 Å². The zero-order valence-corrected chi connectivity index (χ0v) is 21.4. The molecule has 12 nitrogen and oxygen atoms in total. The van der Waals surface area contributed by atoms with Crippen molar-refractivity contribution in [3.8, 4) is 0 Å². The molecule has 5 atom stereocenters. The maximum absolute atomic E-state index is 13.1. The number of unbranched alkanes of at least 4 members (excludes halogenated alkanes) is 1. The highest BCUT2D eigenvalue weighted by atomic mass is 16.4. The topological polar surface area (TPSA) is 220 Å². The van der Waals surface area contributed by atoms with E-state index in [2.05, 4.69) is 16.0 Å². The van der Waals surface area contributed by atoms with E-state index in [0.29, 0.717) is 37.8 Å². The summed E-state index contributed by atoms with van der Waals surface area (Å²) in [5.41, 5.74) is 17.4. The molecule has 1 aromatic carbocycles. The standard InChI is InChI=1S/C25H40N6O6/c1-3-15(2)21(31-22(33)17(27)11-7-8-12-26)24(35)29-18(14-20(28)32)23(34)30-19(25(36)37)13-16-9-5-4-6-10-16/h4-6,9-10,15,17-19,21H,3,7-8,11-14,26-27H2,1-2H3,(H2,28,32)(H,29,35)(H,30,34)(H,31,33)(H,36,37). The Kier molecular flexibility index (Phi) is 13.9. The molecule has 4 amide bonds. The molecule has 0 heterocycles. The Bertz CT molecular complexity index is 912. The molecule has 0 saturated carbocycles. The summed E-state index contributed by atoms with van der Waals surface area (Å²) >= 11 is 0. The molecule has 12 heteroatoms. The van der Waals surface area contributed by atoms with Gasteiger partial charge in [0.25, 0.3) is 0 Å². The van der Waals surface area contributed by atoms with Gasteiger partial charge in [-0.1, -0.05) is 57.0 Å². The van der Waals surface area contributed by atoms with Crippen molar-refractivity contribution in [1.82, 2.24) is 16.0 Å². The molecule has 0 aliphatic heterocycles. The minimum Gasteiger partial charge on any atom is -0.480 e. The fraction of sp³-hybridized carbons (Fsp3) is 0.560. The highest BCUT2D eigenvalue weighted by Gasteiger charge is 2.33. The molecule has 0 radical (unpaired) electrons. The number of carboxylic acids is 1. The molecule has 0 bridgehead atoms. The zero-order valence-electron chi connectivity index (χ0n) is 21.4. The Hall–Kier alpha value is -3.51. The first-order chi connectivity index (χ1) is 17.5. The smallest absolute Gasteiger partial charge is 0.326 e. The number of nitrogens with one attached hydrogen (secondary N) is 3. The van der Waals surface area contributed by atoms with Crippen molar-refractivity contribution >= 4 is 29.6 Å². The Labute approximate surface area is 217 Å². The molecule has 0 aromatic heterocycles. The minimum atomic E-state index is -1.44. The highest BCUT2D eigenvalue weighted by Crippen LogP contribution is 2.11. The predicted octanol–water partition coefficient (Wildman–Crippen LogP) is -0.854. The third-order valence-corrected chi connectivity index (χ3v) is 6.03. The van der Waals surface area contributed by atoms with Gasteiger partial charge in [-0.3, -0.25) is 19.2 Å². The van der Waals surface area contributed by atoms with Crippen LogP contribution in [0.4, 0.5) is 0 Å². The van der Waals surface area contributed by atoms with E-state index in [9.17, 15) is 29.1 Å². The quantitative estimate of drug-likeness (QED) is 0.128. The van der Waals surface area contributed by atoms with Gasteiger partial charge in [-0.25, -0.2) is 4.79 Å². The second kappa shape index (κ2) is 16.3. The van der Waals surface area contributed by atoms with Crippen molar-refractivity contribution in [1.29, 1.82) is 0 Å². The molecule has 5 unspecified atom stereocenters. The third-order valence-electron chi connectivity index (χ3n) is 6.03. The normalized spacial score (nSPS) is 14.9. The predicted molar refractivity (Wildman–Crippen MR) is 138 cm³/mol. The number of carbonyl (C=O) groups is 5. The lowest BCUT2D eigenvalue weighted by molar-refractivity contribution is -0.142. The van der Waals surface area contributed by atoms with Gasteiger partial charge < -0.3 is 38.3 Å². The summed E-state index contributed by atoms with van der Waals surface area (Å²) in [4.78, 5) is 62.1. The Balaban J connectivity index is 2.99. The van der Waals surface area contributed by atoms with Crippen molar-refractivity contribution in [3.05, 3.63) is 35.9 Å². The fourth-order valence-electron chi connectivity index (χ4n) is 3.60. The van der Waals surface area contributed by atoms with Crippen LogP contribution in [0.25, 0.3) is 0 Å². The summed E-state index contributed by atoms with van der Waals surface area (Å²) in [6, 6.07) is 4.04. The third kappa shape index (κ3) is 11.4. The van der Waals surface area contributed by atoms with E-state index in [4.69, 9.17) is 17.2 Å². The first kappa shape index (κ1) is 31.5. The van der Waals surface area contributed by atoms with Crippen LogP contribution in [0, 0.1) is 5.92 Å². The van der Waals surface area contributed by atoms with Gasteiger partial charge in [-0.05, 0) is 30.9 Å². The molecule has 0 spiro atoms. The van der Waals surface area contributed by atoms with E-state index in [1.165, 1.54) is 0 Å². The largest absolute Gasteiger partial charge is 0.480 e. The van der Waals surface area contributed by atoms with E-state index in [0.717, 1.165) is 0 Å². The molecule has 1 aromatic rings. The van der Waals surface area contributed by atoms with Crippen LogP contribution in [0.5, 0.6) is 0 Å². The van der Waals surface area contributed by atoms with Crippen LogP contribution in [-0.4, -0.2) is 65.4 Å². The first-order valence-corrected chi connectivity index (χ1v) is 12.4. The number of nitrogens with two attached hydrogens (primary N) is 3. The molecule has 1 rings (SSSR count). The molecule has 0 saturated heterocycles. The molecular weight excluding hydrogens is 480 g/mol. The van der Waals surface area contributed by atoms with Gasteiger partial charge in [-0.2, -0.15) is 0 Å². The van der Waals surface area contributed by atoms with E-state index < -0.39 is 60.2 Å². The SMILES string of the molecule is CCC(C)C(NC(=O)C(N)CCCCN)C(=O)NC(CC(N)=O)C(=O)NC(Cc1ccccc1)C(=O)O. The number of hydrogen-bond donors (Lipinski definition) is 7. The summed E-state index contributed by atoms with van der Waals surface area (Å²) in [5, 5.41) is 17.0. The fourth-order valence-corrected chi connectivity index (χ4v) is 3.60.